The molecule has 0 bridgehead atoms. The van der Waals surface area contributed by atoms with Gasteiger partial charge in [-0.2, -0.15) is 0 Å². The summed E-state index contributed by atoms with van der Waals surface area (Å²) in [4.78, 5) is 15.9. The largest absolute Gasteiger partial charge is 0.489 e. The lowest BCUT2D eigenvalue weighted by Gasteiger charge is -2.27. The van der Waals surface area contributed by atoms with Crippen molar-refractivity contribution in [3.05, 3.63) is 30.1 Å². The van der Waals surface area contributed by atoms with Gasteiger partial charge in [0.1, 0.15) is 6.61 Å². The highest BCUT2D eigenvalue weighted by Crippen LogP contribution is 2.15. The van der Waals surface area contributed by atoms with E-state index in [4.69, 9.17) is 9.47 Å². The van der Waals surface area contributed by atoms with Crippen LogP contribution in [0, 0.1) is 5.82 Å². The van der Waals surface area contributed by atoms with Crippen molar-refractivity contribution in [3.63, 3.8) is 0 Å². The zero-order valence-corrected chi connectivity index (χ0v) is 15.3. The van der Waals surface area contributed by atoms with Crippen molar-refractivity contribution in [2.45, 2.75) is 13.0 Å². The number of benzene rings is 1. The maximum Gasteiger partial charge on any atom is 0.245 e. The number of para-hydroxylation sites is 1. The molecule has 2 aromatic rings. The molecule has 1 aliphatic heterocycles. The normalized spacial score (nSPS) is 14.2. The third-order valence-electron chi connectivity index (χ3n) is 4.28. The Morgan fingerprint density at radius 3 is 2.89 bits per heavy atom. The summed E-state index contributed by atoms with van der Waals surface area (Å²) in [6.07, 6.45) is 0.317. The Kier molecular flexibility index (Phi) is 6.53. The number of ether oxygens (including phenoxy) is 2. The second-order valence-corrected chi connectivity index (χ2v) is 6.15. The number of hydrogen-bond donors (Lipinski definition) is 0. The minimum Gasteiger partial charge on any atom is -0.489 e. The highest BCUT2D eigenvalue weighted by atomic mass is 19.1. The summed E-state index contributed by atoms with van der Waals surface area (Å²) >= 11 is 0. The zero-order chi connectivity index (χ0) is 19.1. The molecule has 0 unspecified atom stereocenters. The van der Waals surface area contributed by atoms with Crippen LogP contribution in [0.15, 0.2) is 24.3 Å². The number of nitrogens with zero attached hydrogens (tertiary/aromatic N) is 6. The monoisotopic (exact) mass is 378 g/mol. The lowest BCUT2D eigenvalue weighted by atomic mass is 10.3. The molecule has 1 aromatic carbocycles. The fraction of sp³-hybridized carbons (Fsp3) is 0.529. The highest BCUT2D eigenvalue weighted by Gasteiger charge is 2.18. The first kappa shape index (κ1) is 19.0. The molecule has 2 heterocycles. The summed E-state index contributed by atoms with van der Waals surface area (Å²) in [5, 5.41) is 11.6. The second-order valence-electron chi connectivity index (χ2n) is 6.15. The molecule has 1 fully saturated rings. The third kappa shape index (κ3) is 5.13. The van der Waals surface area contributed by atoms with E-state index in [-0.39, 0.29) is 18.3 Å². The van der Waals surface area contributed by atoms with E-state index < -0.39 is 5.82 Å². The molecule has 0 saturated carbocycles. The van der Waals surface area contributed by atoms with Crippen LogP contribution in [0.4, 0.5) is 10.3 Å². The lowest BCUT2D eigenvalue weighted by molar-refractivity contribution is -0.135. The second kappa shape index (κ2) is 9.26. The first-order valence-electron chi connectivity index (χ1n) is 8.85. The molecule has 0 spiro atoms. The van der Waals surface area contributed by atoms with Gasteiger partial charge in [0, 0.05) is 26.6 Å². The molecule has 0 aliphatic carbocycles. The molecule has 3 rings (SSSR count). The van der Waals surface area contributed by atoms with Gasteiger partial charge >= 0.3 is 0 Å². The number of tetrazole rings is 1. The van der Waals surface area contributed by atoms with Crippen LogP contribution in [0.5, 0.6) is 5.75 Å². The summed E-state index contributed by atoms with van der Waals surface area (Å²) in [7, 11) is 1.82. The van der Waals surface area contributed by atoms with Crippen LogP contribution < -0.4 is 9.64 Å². The number of aryl methyl sites for hydroxylation is 1. The molecule has 9 nitrogen and oxygen atoms in total. The van der Waals surface area contributed by atoms with Crippen molar-refractivity contribution < 1.29 is 18.7 Å². The summed E-state index contributed by atoms with van der Waals surface area (Å²) in [6, 6.07) is 6.26. The van der Waals surface area contributed by atoms with E-state index >= 15 is 0 Å². The van der Waals surface area contributed by atoms with E-state index in [1.54, 1.807) is 32.7 Å². The Morgan fingerprint density at radius 2 is 2.11 bits per heavy atom. The van der Waals surface area contributed by atoms with Crippen molar-refractivity contribution in [1.29, 1.82) is 0 Å². The summed E-state index contributed by atoms with van der Waals surface area (Å²) < 4.78 is 25.9. The Balaban J connectivity index is 1.48. The summed E-state index contributed by atoms with van der Waals surface area (Å²) in [5.41, 5.74) is 0. The Labute approximate surface area is 156 Å². The van der Waals surface area contributed by atoms with Crippen molar-refractivity contribution in [2.24, 2.45) is 0 Å². The molecular formula is C17H23FN6O3. The van der Waals surface area contributed by atoms with Crippen LogP contribution in [-0.4, -0.2) is 77.5 Å². The number of amides is 1. The molecule has 146 valence electrons. The lowest BCUT2D eigenvalue weighted by Crippen LogP contribution is -2.41. The van der Waals surface area contributed by atoms with E-state index in [1.807, 2.05) is 7.05 Å². The van der Waals surface area contributed by atoms with Crippen molar-refractivity contribution in [2.75, 3.05) is 51.4 Å². The molecule has 1 aliphatic rings. The highest BCUT2D eigenvalue weighted by molar-refractivity contribution is 5.76. The van der Waals surface area contributed by atoms with E-state index in [2.05, 4.69) is 15.5 Å². The predicted molar refractivity (Wildman–Crippen MR) is 95.0 cm³/mol. The number of rotatable bonds is 8. The number of aromatic nitrogens is 4. The minimum absolute atomic E-state index is 0.0605. The average Bonchev–Trinajstić information content (AvgIpc) is 3.17. The Hall–Kier alpha value is -2.75. The third-order valence-corrected chi connectivity index (χ3v) is 4.28. The first-order chi connectivity index (χ1) is 13.1. The van der Waals surface area contributed by atoms with Gasteiger partial charge < -0.3 is 19.3 Å². The van der Waals surface area contributed by atoms with E-state index in [0.29, 0.717) is 51.8 Å². The van der Waals surface area contributed by atoms with Crippen LogP contribution in [0.3, 0.4) is 0 Å². The summed E-state index contributed by atoms with van der Waals surface area (Å²) in [5.74, 6) is 0.403. The molecule has 1 amide bonds. The van der Waals surface area contributed by atoms with Crippen LogP contribution in [0.2, 0.25) is 0 Å². The topological polar surface area (TPSA) is 85.6 Å². The fourth-order valence-electron chi connectivity index (χ4n) is 2.74. The fourth-order valence-corrected chi connectivity index (χ4v) is 2.74. The number of halogens is 1. The summed E-state index contributed by atoms with van der Waals surface area (Å²) in [6.45, 7) is 3.52. The first-order valence-corrected chi connectivity index (χ1v) is 8.85. The van der Waals surface area contributed by atoms with Gasteiger partial charge in [0.2, 0.25) is 11.9 Å². The van der Waals surface area contributed by atoms with E-state index in [9.17, 15) is 9.18 Å². The van der Waals surface area contributed by atoms with Crippen molar-refractivity contribution in [3.8, 4) is 5.75 Å². The number of likely N-dealkylation sites (N-methyl/N-ethyl adjacent to an activating group) is 1. The molecule has 10 heteroatoms. The quantitative estimate of drug-likeness (QED) is 0.664. The maximum atomic E-state index is 13.6. The van der Waals surface area contributed by atoms with Crippen LogP contribution in [0.1, 0.15) is 6.42 Å². The van der Waals surface area contributed by atoms with Crippen LogP contribution in [-0.2, 0) is 16.1 Å². The van der Waals surface area contributed by atoms with Gasteiger partial charge in [-0.25, -0.2) is 9.07 Å². The van der Waals surface area contributed by atoms with Gasteiger partial charge in [0.25, 0.3) is 0 Å². The number of carbonyl (C=O) groups is 1. The van der Waals surface area contributed by atoms with Gasteiger partial charge in [0.15, 0.2) is 11.6 Å². The molecule has 27 heavy (non-hydrogen) atoms. The molecular weight excluding hydrogens is 355 g/mol. The molecule has 0 N–H and O–H groups in total. The van der Waals surface area contributed by atoms with Crippen molar-refractivity contribution >= 4 is 11.9 Å². The predicted octanol–water partition coefficient (Wildman–Crippen LogP) is 0.576. The van der Waals surface area contributed by atoms with Gasteiger partial charge in [-0.05, 0) is 22.6 Å². The Morgan fingerprint density at radius 1 is 1.33 bits per heavy atom. The molecule has 0 atom stereocenters. The van der Waals surface area contributed by atoms with Crippen LogP contribution in [0.25, 0.3) is 0 Å². The molecule has 0 radical (unpaired) electrons. The molecule has 1 aromatic heterocycles. The van der Waals surface area contributed by atoms with Gasteiger partial charge in [-0.1, -0.05) is 17.2 Å². The van der Waals surface area contributed by atoms with Crippen molar-refractivity contribution in [1.82, 2.24) is 25.1 Å². The minimum atomic E-state index is -0.397. The Bertz CT molecular complexity index is 750. The SMILES string of the molecule is CN(CCOc1ccccc1F)c1nnnn1CCC(=O)N1CCOCC1. The zero-order valence-electron chi connectivity index (χ0n) is 15.3. The molecule has 1 saturated heterocycles. The maximum absolute atomic E-state index is 13.6. The van der Waals surface area contributed by atoms with Gasteiger partial charge in [-0.3, -0.25) is 4.79 Å². The van der Waals surface area contributed by atoms with Gasteiger partial charge in [-0.15, -0.1) is 0 Å². The standard InChI is InChI=1S/C17H23FN6O3/c1-22(8-13-27-15-5-3-2-4-14(15)18)17-19-20-21-24(17)7-6-16(25)23-9-11-26-12-10-23/h2-5H,6-13H2,1H3. The average molecular weight is 378 g/mol. The number of morpholine rings is 1. The number of hydrogen-bond acceptors (Lipinski definition) is 7. The van der Waals surface area contributed by atoms with E-state index in [1.165, 1.54) is 6.07 Å². The smallest absolute Gasteiger partial charge is 0.245 e. The van der Waals surface area contributed by atoms with Gasteiger partial charge in [0.05, 0.1) is 26.3 Å². The number of anilines is 1. The van der Waals surface area contributed by atoms with E-state index in [0.717, 1.165) is 0 Å². The number of carbonyl (C=O) groups excluding carboxylic acids is 1. The van der Waals surface area contributed by atoms with Crippen LogP contribution >= 0.6 is 0 Å².